The number of rotatable bonds is 3. The van der Waals surface area contributed by atoms with Gasteiger partial charge in [0.05, 0.1) is 11.3 Å². The second kappa shape index (κ2) is 4.58. The van der Waals surface area contributed by atoms with Crippen molar-refractivity contribution in [1.82, 2.24) is 0 Å². The third-order valence-electron chi connectivity index (χ3n) is 2.08. The summed E-state index contributed by atoms with van der Waals surface area (Å²) < 4.78 is 36.2. The predicted molar refractivity (Wildman–Crippen MR) is 52.4 cm³/mol. The number of hydrogen-bond donors (Lipinski definition) is 2. The Kier molecular flexibility index (Phi) is 3.56. The van der Waals surface area contributed by atoms with Crippen LogP contribution in [0.4, 0.5) is 18.9 Å². The summed E-state index contributed by atoms with van der Waals surface area (Å²) in [6.45, 7) is 0. The standard InChI is InChI=1S/C9H9F3N2O3/c10-9(11,12)4-6(13)5-1-2-8(15)7(3-5)14(16)17/h1-3,6,15H,4,13H2/t6-/m0/s1. The van der Waals surface area contributed by atoms with Gasteiger partial charge in [0.15, 0.2) is 5.75 Å². The summed E-state index contributed by atoms with van der Waals surface area (Å²) in [5, 5.41) is 19.6. The van der Waals surface area contributed by atoms with E-state index < -0.39 is 35.0 Å². The molecule has 1 aromatic rings. The van der Waals surface area contributed by atoms with Gasteiger partial charge in [-0.25, -0.2) is 0 Å². The molecule has 1 aromatic carbocycles. The molecule has 0 aliphatic rings. The number of alkyl halides is 3. The highest BCUT2D eigenvalue weighted by Crippen LogP contribution is 2.32. The SMILES string of the molecule is N[C@@H](CC(F)(F)F)c1ccc(O)c([N+](=O)[O-])c1. The molecular weight excluding hydrogens is 241 g/mol. The lowest BCUT2D eigenvalue weighted by Gasteiger charge is -2.14. The van der Waals surface area contributed by atoms with Crippen LogP contribution in [0.2, 0.25) is 0 Å². The highest BCUT2D eigenvalue weighted by atomic mass is 19.4. The summed E-state index contributed by atoms with van der Waals surface area (Å²) in [6.07, 6.45) is -5.74. The van der Waals surface area contributed by atoms with Crippen LogP contribution in [-0.2, 0) is 0 Å². The van der Waals surface area contributed by atoms with E-state index in [1.165, 1.54) is 0 Å². The van der Waals surface area contributed by atoms with Crippen molar-refractivity contribution in [2.45, 2.75) is 18.6 Å². The first-order valence-corrected chi connectivity index (χ1v) is 4.50. The lowest BCUT2D eigenvalue weighted by Crippen LogP contribution is -2.20. The summed E-state index contributed by atoms with van der Waals surface area (Å²) >= 11 is 0. The Morgan fingerprint density at radius 2 is 2.06 bits per heavy atom. The predicted octanol–water partition coefficient (Wildman–Crippen LogP) is 2.25. The van der Waals surface area contributed by atoms with Crippen molar-refractivity contribution in [3.05, 3.63) is 33.9 Å². The van der Waals surface area contributed by atoms with Crippen molar-refractivity contribution in [1.29, 1.82) is 0 Å². The number of phenolic OH excluding ortho intramolecular Hbond substituents is 1. The lowest BCUT2D eigenvalue weighted by molar-refractivity contribution is -0.385. The van der Waals surface area contributed by atoms with Gasteiger partial charge in [0, 0.05) is 12.1 Å². The van der Waals surface area contributed by atoms with Gasteiger partial charge in [-0.1, -0.05) is 6.07 Å². The van der Waals surface area contributed by atoms with Crippen LogP contribution >= 0.6 is 0 Å². The zero-order valence-corrected chi connectivity index (χ0v) is 8.44. The van der Waals surface area contributed by atoms with E-state index in [-0.39, 0.29) is 5.56 Å². The van der Waals surface area contributed by atoms with Crippen molar-refractivity contribution in [2.75, 3.05) is 0 Å². The van der Waals surface area contributed by atoms with Gasteiger partial charge >= 0.3 is 11.9 Å². The maximum Gasteiger partial charge on any atom is 0.390 e. The first-order chi connectivity index (χ1) is 7.70. The molecule has 0 aliphatic heterocycles. The van der Waals surface area contributed by atoms with Crippen LogP contribution in [0.1, 0.15) is 18.0 Å². The molecule has 17 heavy (non-hydrogen) atoms. The highest BCUT2D eigenvalue weighted by Gasteiger charge is 2.31. The quantitative estimate of drug-likeness (QED) is 0.636. The van der Waals surface area contributed by atoms with E-state index in [4.69, 9.17) is 10.8 Å². The molecule has 5 nitrogen and oxygen atoms in total. The van der Waals surface area contributed by atoms with E-state index in [2.05, 4.69) is 0 Å². The van der Waals surface area contributed by atoms with Gasteiger partial charge in [-0.15, -0.1) is 0 Å². The molecule has 0 amide bonds. The van der Waals surface area contributed by atoms with Crippen LogP contribution in [-0.4, -0.2) is 16.2 Å². The summed E-state index contributed by atoms with van der Waals surface area (Å²) in [6, 6.07) is 1.52. The molecule has 0 radical (unpaired) electrons. The van der Waals surface area contributed by atoms with E-state index in [9.17, 15) is 23.3 Å². The first kappa shape index (κ1) is 13.2. The van der Waals surface area contributed by atoms with Gasteiger partial charge in [-0.05, 0) is 11.6 Å². The summed E-state index contributed by atoms with van der Waals surface area (Å²) in [5.74, 6) is -0.613. The van der Waals surface area contributed by atoms with Crippen molar-refractivity contribution >= 4 is 5.69 Å². The first-order valence-electron chi connectivity index (χ1n) is 4.50. The van der Waals surface area contributed by atoms with Gasteiger partial charge < -0.3 is 10.8 Å². The minimum absolute atomic E-state index is 0.0492. The maximum atomic E-state index is 12.1. The number of phenols is 1. The molecule has 1 atom stereocenters. The highest BCUT2D eigenvalue weighted by molar-refractivity contribution is 5.48. The molecule has 0 bridgehead atoms. The molecule has 0 unspecified atom stereocenters. The average molecular weight is 250 g/mol. The second-order valence-corrected chi connectivity index (χ2v) is 3.43. The topological polar surface area (TPSA) is 89.4 Å². The molecule has 0 aliphatic carbocycles. The Balaban J connectivity index is 3.00. The normalized spacial score (nSPS) is 13.4. The summed E-state index contributed by atoms with van der Waals surface area (Å²) in [5.41, 5.74) is 4.56. The zero-order valence-electron chi connectivity index (χ0n) is 8.44. The Morgan fingerprint density at radius 3 is 2.53 bits per heavy atom. The molecule has 0 spiro atoms. The number of aromatic hydroxyl groups is 1. The van der Waals surface area contributed by atoms with Gasteiger partial charge in [0.2, 0.25) is 0 Å². The summed E-state index contributed by atoms with van der Waals surface area (Å²) in [7, 11) is 0. The second-order valence-electron chi connectivity index (χ2n) is 3.43. The third kappa shape index (κ3) is 3.59. The number of nitrogens with zero attached hydrogens (tertiary/aromatic N) is 1. The Hall–Kier alpha value is -1.83. The Labute approximate surface area is 93.8 Å². The van der Waals surface area contributed by atoms with Crippen LogP contribution in [0.5, 0.6) is 5.75 Å². The Bertz CT molecular complexity index is 434. The largest absolute Gasteiger partial charge is 0.502 e. The number of nitro groups is 1. The maximum absolute atomic E-state index is 12.1. The van der Waals surface area contributed by atoms with Crippen molar-refractivity contribution in [3.8, 4) is 5.75 Å². The lowest BCUT2D eigenvalue weighted by atomic mass is 10.0. The third-order valence-corrected chi connectivity index (χ3v) is 2.08. The van der Waals surface area contributed by atoms with E-state index in [0.29, 0.717) is 0 Å². The number of nitro benzene ring substituents is 1. The fourth-order valence-corrected chi connectivity index (χ4v) is 1.28. The van der Waals surface area contributed by atoms with Gasteiger partial charge in [-0.3, -0.25) is 10.1 Å². The number of halogens is 3. The van der Waals surface area contributed by atoms with Crippen LogP contribution in [0.15, 0.2) is 18.2 Å². The smallest absolute Gasteiger partial charge is 0.390 e. The minimum atomic E-state index is -4.45. The zero-order chi connectivity index (χ0) is 13.2. The number of benzene rings is 1. The van der Waals surface area contributed by atoms with Crippen LogP contribution in [0.3, 0.4) is 0 Å². The average Bonchev–Trinajstić information content (AvgIpc) is 2.14. The van der Waals surface area contributed by atoms with E-state index in [1.54, 1.807) is 0 Å². The fraction of sp³-hybridized carbons (Fsp3) is 0.333. The molecular formula is C9H9F3N2O3. The van der Waals surface area contributed by atoms with Crippen LogP contribution in [0.25, 0.3) is 0 Å². The molecule has 0 saturated carbocycles. The monoisotopic (exact) mass is 250 g/mol. The number of nitrogens with two attached hydrogens (primary N) is 1. The molecule has 0 aromatic heterocycles. The van der Waals surface area contributed by atoms with Gasteiger partial charge in [-0.2, -0.15) is 13.2 Å². The summed E-state index contributed by atoms with van der Waals surface area (Å²) in [4.78, 5) is 9.57. The number of hydrogen-bond acceptors (Lipinski definition) is 4. The van der Waals surface area contributed by atoms with Crippen molar-refractivity contribution < 1.29 is 23.2 Å². The van der Waals surface area contributed by atoms with E-state index in [1.807, 2.05) is 0 Å². The van der Waals surface area contributed by atoms with Gasteiger partial charge in [0.25, 0.3) is 0 Å². The molecule has 94 valence electrons. The molecule has 1 rings (SSSR count). The molecule has 0 fully saturated rings. The van der Waals surface area contributed by atoms with E-state index in [0.717, 1.165) is 18.2 Å². The van der Waals surface area contributed by atoms with Crippen LogP contribution < -0.4 is 5.73 Å². The molecule has 0 heterocycles. The molecule has 8 heteroatoms. The van der Waals surface area contributed by atoms with E-state index >= 15 is 0 Å². The fourth-order valence-electron chi connectivity index (χ4n) is 1.28. The van der Waals surface area contributed by atoms with Crippen molar-refractivity contribution in [2.24, 2.45) is 5.73 Å². The molecule has 3 N–H and O–H groups in total. The van der Waals surface area contributed by atoms with Crippen molar-refractivity contribution in [3.63, 3.8) is 0 Å². The Morgan fingerprint density at radius 1 is 1.47 bits per heavy atom. The molecule has 0 saturated heterocycles. The minimum Gasteiger partial charge on any atom is -0.502 e. The van der Waals surface area contributed by atoms with Crippen LogP contribution in [0, 0.1) is 10.1 Å². The van der Waals surface area contributed by atoms with Gasteiger partial charge in [0.1, 0.15) is 0 Å².